The van der Waals surface area contributed by atoms with Crippen LogP contribution in [-0.4, -0.2) is 29.9 Å². The number of hydrogen-bond donors (Lipinski definition) is 3. The van der Waals surface area contributed by atoms with Crippen molar-refractivity contribution in [2.75, 3.05) is 6.54 Å². The van der Waals surface area contributed by atoms with Gasteiger partial charge in [0.25, 0.3) is 0 Å². The highest BCUT2D eigenvalue weighted by Crippen LogP contribution is 2.02. The van der Waals surface area contributed by atoms with Crippen LogP contribution in [0.15, 0.2) is 0 Å². The molecule has 0 atom stereocenters. The molecule has 0 aliphatic carbocycles. The molecular formula is C11H23N3O2. The van der Waals surface area contributed by atoms with E-state index < -0.39 is 5.54 Å². The predicted octanol–water partition coefficient (Wildman–Crippen LogP) is 0.145. The molecule has 4 N–H and O–H groups in total. The van der Waals surface area contributed by atoms with E-state index in [1.165, 1.54) is 0 Å². The summed E-state index contributed by atoms with van der Waals surface area (Å²) in [6, 6.07) is 0.131. The molecule has 0 spiro atoms. The summed E-state index contributed by atoms with van der Waals surface area (Å²) >= 11 is 0. The van der Waals surface area contributed by atoms with E-state index in [4.69, 9.17) is 5.73 Å². The van der Waals surface area contributed by atoms with Crippen molar-refractivity contribution in [3.8, 4) is 0 Å². The molecule has 0 aliphatic rings. The summed E-state index contributed by atoms with van der Waals surface area (Å²) in [5.41, 5.74) is 5.18. The van der Waals surface area contributed by atoms with Gasteiger partial charge in [0.15, 0.2) is 0 Å². The quantitative estimate of drug-likeness (QED) is 0.606. The molecule has 5 heteroatoms. The first-order chi connectivity index (χ1) is 7.20. The molecule has 0 fully saturated rings. The van der Waals surface area contributed by atoms with Crippen LogP contribution < -0.4 is 16.4 Å². The second-order valence-electron chi connectivity index (χ2n) is 4.99. The van der Waals surface area contributed by atoms with E-state index >= 15 is 0 Å². The minimum atomic E-state index is -0.510. The molecule has 0 heterocycles. The third-order valence-corrected chi connectivity index (χ3v) is 1.74. The summed E-state index contributed by atoms with van der Waals surface area (Å²) in [7, 11) is 0. The van der Waals surface area contributed by atoms with Gasteiger partial charge >= 0.3 is 0 Å². The summed E-state index contributed by atoms with van der Waals surface area (Å²) in [5, 5.41) is 5.41. The van der Waals surface area contributed by atoms with Crippen molar-refractivity contribution in [1.82, 2.24) is 10.6 Å². The average Bonchev–Trinajstić information content (AvgIpc) is 1.98. The lowest BCUT2D eigenvalue weighted by atomic mass is 10.0. The number of carbonyl (C=O) groups is 2. The first-order valence-electron chi connectivity index (χ1n) is 5.55. The number of rotatable bonds is 6. The topological polar surface area (TPSA) is 84.2 Å². The van der Waals surface area contributed by atoms with Crippen molar-refractivity contribution in [3.63, 3.8) is 0 Å². The van der Waals surface area contributed by atoms with Gasteiger partial charge in [-0.2, -0.15) is 0 Å². The number of amides is 2. The predicted molar refractivity (Wildman–Crippen MR) is 63.8 cm³/mol. The Balaban J connectivity index is 3.66. The molecule has 0 aromatic rings. The number of nitrogens with one attached hydrogen (secondary N) is 2. The maximum Gasteiger partial charge on any atom is 0.221 e. The van der Waals surface area contributed by atoms with E-state index in [0.717, 1.165) is 0 Å². The molecule has 5 nitrogen and oxygen atoms in total. The Hall–Kier alpha value is -1.10. The molecular weight excluding hydrogens is 206 g/mol. The van der Waals surface area contributed by atoms with Crippen LogP contribution in [-0.2, 0) is 9.59 Å². The zero-order valence-corrected chi connectivity index (χ0v) is 10.6. The van der Waals surface area contributed by atoms with E-state index in [-0.39, 0.29) is 24.3 Å². The second-order valence-corrected chi connectivity index (χ2v) is 4.99. The Morgan fingerprint density at radius 2 is 1.81 bits per heavy atom. The molecule has 0 aliphatic heterocycles. The van der Waals surface area contributed by atoms with Crippen molar-refractivity contribution in [2.45, 2.75) is 52.1 Å². The molecule has 0 radical (unpaired) electrons. The van der Waals surface area contributed by atoms with Crippen molar-refractivity contribution < 1.29 is 9.59 Å². The molecule has 2 amide bonds. The molecule has 0 bridgehead atoms. The largest absolute Gasteiger partial charge is 0.356 e. The SMILES string of the molecule is CC(C)NC(=O)CCNC(=O)CC(C)(C)N. The molecule has 0 rings (SSSR count). The maximum absolute atomic E-state index is 11.3. The third kappa shape index (κ3) is 9.45. The van der Waals surface area contributed by atoms with E-state index in [0.29, 0.717) is 13.0 Å². The summed E-state index contributed by atoms with van der Waals surface area (Å²) < 4.78 is 0. The van der Waals surface area contributed by atoms with Gasteiger partial charge in [-0.3, -0.25) is 9.59 Å². The summed E-state index contributed by atoms with van der Waals surface area (Å²) in [4.78, 5) is 22.6. The zero-order chi connectivity index (χ0) is 12.8. The van der Waals surface area contributed by atoms with Crippen molar-refractivity contribution in [1.29, 1.82) is 0 Å². The summed E-state index contributed by atoms with van der Waals surface area (Å²) in [5.74, 6) is -0.174. The lowest BCUT2D eigenvalue weighted by molar-refractivity contribution is -0.123. The van der Waals surface area contributed by atoms with E-state index in [1.54, 1.807) is 13.8 Å². The lowest BCUT2D eigenvalue weighted by Gasteiger charge is -2.17. The van der Waals surface area contributed by atoms with Gasteiger partial charge in [0, 0.05) is 31.0 Å². The highest BCUT2D eigenvalue weighted by molar-refractivity contribution is 5.79. The van der Waals surface area contributed by atoms with E-state index in [9.17, 15) is 9.59 Å². The van der Waals surface area contributed by atoms with Crippen LogP contribution in [0.1, 0.15) is 40.5 Å². The minimum Gasteiger partial charge on any atom is -0.356 e. The van der Waals surface area contributed by atoms with Gasteiger partial charge in [0.05, 0.1) is 0 Å². The van der Waals surface area contributed by atoms with Crippen LogP contribution >= 0.6 is 0 Å². The smallest absolute Gasteiger partial charge is 0.221 e. The third-order valence-electron chi connectivity index (χ3n) is 1.74. The lowest BCUT2D eigenvalue weighted by Crippen LogP contribution is -2.40. The van der Waals surface area contributed by atoms with Gasteiger partial charge in [-0.15, -0.1) is 0 Å². The van der Waals surface area contributed by atoms with Crippen molar-refractivity contribution in [2.24, 2.45) is 5.73 Å². The first kappa shape index (κ1) is 14.9. The highest BCUT2D eigenvalue weighted by Gasteiger charge is 2.15. The van der Waals surface area contributed by atoms with E-state index in [1.807, 2.05) is 13.8 Å². The molecule has 0 aromatic carbocycles. The van der Waals surface area contributed by atoms with Crippen molar-refractivity contribution in [3.05, 3.63) is 0 Å². The first-order valence-corrected chi connectivity index (χ1v) is 5.55. The molecule has 0 saturated carbocycles. The molecule has 16 heavy (non-hydrogen) atoms. The van der Waals surface area contributed by atoms with Crippen molar-refractivity contribution >= 4 is 11.8 Å². The molecule has 0 saturated heterocycles. The van der Waals surface area contributed by atoms with Crippen LogP contribution in [0, 0.1) is 0 Å². The summed E-state index contributed by atoms with van der Waals surface area (Å²) in [6.07, 6.45) is 0.563. The Morgan fingerprint density at radius 1 is 1.25 bits per heavy atom. The molecule has 94 valence electrons. The average molecular weight is 229 g/mol. The van der Waals surface area contributed by atoms with Crippen LogP contribution in [0.4, 0.5) is 0 Å². The van der Waals surface area contributed by atoms with Crippen LogP contribution in [0.2, 0.25) is 0 Å². The van der Waals surface area contributed by atoms with Crippen LogP contribution in [0.5, 0.6) is 0 Å². The van der Waals surface area contributed by atoms with E-state index in [2.05, 4.69) is 10.6 Å². The van der Waals surface area contributed by atoms with Gasteiger partial charge < -0.3 is 16.4 Å². The Morgan fingerprint density at radius 3 is 2.25 bits per heavy atom. The Bertz CT molecular complexity index is 244. The van der Waals surface area contributed by atoms with Gasteiger partial charge in [-0.25, -0.2) is 0 Å². The van der Waals surface area contributed by atoms with Crippen LogP contribution in [0.3, 0.4) is 0 Å². The molecule has 0 unspecified atom stereocenters. The number of nitrogens with two attached hydrogens (primary N) is 1. The highest BCUT2D eigenvalue weighted by atomic mass is 16.2. The normalized spacial score (nSPS) is 11.4. The Kier molecular flexibility index (Phi) is 6.03. The second kappa shape index (κ2) is 6.48. The minimum absolute atomic E-state index is 0.0534. The zero-order valence-electron chi connectivity index (χ0n) is 10.6. The fraction of sp³-hybridized carbons (Fsp3) is 0.818. The maximum atomic E-state index is 11.3. The summed E-state index contributed by atoms with van der Waals surface area (Å²) in [6.45, 7) is 7.73. The Labute approximate surface area is 97.2 Å². The standard InChI is InChI=1S/C11H23N3O2/c1-8(2)14-9(15)5-6-13-10(16)7-11(3,4)12/h8H,5-7,12H2,1-4H3,(H,13,16)(H,14,15). The van der Waals surface area contributed by atoms with Gasteiger partial charge in [-0.1, -0.05) is 0 Å². The number of carbonyl (C=O) groups excluding carboxylic acids is 2. The fourth-order valence-corrected chi connectivity index (χ4v) is 1.19. The van der Waals surface area contributed by atoms with Gasteiger partial charge in [0.2, 0.25) is 11.8 Å². The van der Waals surface area contributed by atoms with Gasteiger partial charge in [0.1, 0.15) is 0 Å². The van der Waals surface area contributed by atoms with Gasteiger partial charge in [-0.05, 0) is 27.7 Å². The fourth-order valence-electron chi connectivity index (χ4n) is 1.19. The molecule has 0 aromatic heterocycles. The van der Waals surface area contributed by atoms with Crippen LogP contribution in [0.25, 0.3) is 0 Å². The number of hydrogen-bond acceptors (Lipinski definition) is 3. The monoisotopic (exact) mass is 229 g/mol.